The van der Waals surface area contributed by atoms with Crippen LogP contribution in [0.4, 0.5) is 0 Å². The number of rotatable bonds is 3. The number of carbonyl (C=O) groups excluding carboxylic acids is 2. The smallest absolute Gasteiger partial charge is 0.312 e. The molecule has 1 saturated heterocycles. The average molecular weight is 285 g/mol. The second-order valence-electron chi connectivity index (χ2n) is 5.61. The van der Waals surface area contributed by atoms with Gasteiger partial charge in [-0.15, -0.1) is 0 Å². The number of aliphatic hydroxyl groups excluding tert-OH is 1. The van der Waals surface area contributed by atoms with Crippen LogP contribution in [-0.2, 0) is 9.59 Å². The molecule has 6 nitrogen and oxygen atoms in total. The van der Waals surface area contributed by atoms with Gasteiger partial charge in [0, 0.05) is 32.7 Å². The van der Waals surface area contributed by atoms with Gasteiger partial charge >= 0.3 is 11.8 Å². The molecule has 0 aliphatic carbocycles. The van der Waals surface area contributed by atoms with Crippen molar-refractivity contribution in [2.75, 3.05) is 26.7 Å². The zero-order valence-electron chi connectivity index (χ0n) is 12.5. The van der Waals surface area contributed by atoms with Gasteiger partial charge in [0.2, 0.25) is 0 Å². The summed E-state index contributed by atoms with van der Waals surface area (Å²) in [4.78, 5) is 27.1. The number of hydrogen-bond acceptors (Lipinski definition) is 4. The maximum atomic E-state index is 12.2. The molecule has 0 spiro atoms. The number of amides is 2. The molecule has 6 heteroatoms. The third kappa shape index (κ3) is 5.09. The molecule has 0 aromatic carbocycles. The van der Waals surface area contributed by atoms with Crippen molar-refractivity contribution in [1.82, 2.24) is 9.80 Å². The molecule has 0 aromatic heterocycles. The molecule has 3 N–H and O–H groups in total. The molecule has 1 heterocycles. The SMILES string of the molecule is CC[C@@H](O)CN(C)C(=O)C(=O)N1CCCCCC(N)C1. The number of nitrogens with zero attached hydrogens (tertiary/aromatic N) is 2. The van der Waals surface area contributed by atoms with E-state index >= 15 is 0 Å². The molecule has 1 aliphatic rings. The maximum absolute atomic E-state index is 12.2. The topological polar surface area (TPSA) is 86.9 Å². The third-order valence-electron chi connectivity index (χ3n) is 3.73. The van der Waals surface area contributed by atoms with E-state index in [0.29, 0.717) is 19.5 Å². The summed E-state index contributed by atoms with van der Waals surface area (Å²) in [5, 5.41) is 9.55. The highest BCUT2D eigenvalue weighted by molar-refractivity contribution is 6.34. The van der Waals surface area contributed by atoms with Gasteiger partial charge < -0.3 is 20.6 Å². The fourth-order valence-electron chi connectivity index (χ4n) is 2.36. The lowest BCUT2D eigenvalue weighted by atomic mass is 10.0. The predicted molar refractivity (Wildman–Crippen MR) is 77.0 cm³/mol. The average Bonchev–Trinajstić information content (AvgIpc) is 2.40. The molecule has 2 amide bonds. The van der Waals surface area contributed by atoms with E-state index in [-0.39, 0.29) is 12.6 Å². The largest absolute Gasteiger partial charge is 0.391 e. The Bertz CT molecular complexity index is 336. The number of likely N-dealkylation sites (N-methyl/N-ethyl adjacent to an activating group) is 1. The molecule has 1 rings (SSSR count). The highest BCUT2D eigenvalue weighted by atomic mass is 16.3. The van der Waals surface area contributed by atoms with Crippen molar-refractivity contribution in [2.24, 2.45) is 5.73 Å². The number of carbonyl (C=O) groups is 2. The van der Waals surface area contributed by atoms with Crippen LogP contribution in [0, 0.1) is 0 Å². The third-order valence-corrected chi connectivity index (χ3v) is 3.73. The molecule has 20 heavy (non-hydrogen) atoms. The van der Waals surface area contributed by atoms with Gasteiger partial charge in [0.15, 0.2) is 0 Å². The summed E-state index contributed by atoms with van der Waals surface area (Å²) in [6.07, 6.45) is 3.89. The molecule has 1 fully saturated rings. The van der Waals surface area contributed by atoms with Gasteiger partial charge in [-0.25, -0.2) is 0 Å². The Morgan fingerprint density at radius 2 is 2.10 bits per heavy atom. The second-order valence-corrected chi connectivity index (χ2v) is 5.61. The summed E-state index contributed by atoms with van der Waals surface area (Å²) >= 11 is 0. The van der Waals surface area contributed by atoms with Gasteiger partial charge in [-0.1, -0.05) is 19.8 Å². The van der Waals surface area contributed by atoms with Gasteiger partial charge in [-0.2, -0.15) is 0 Å². The first-order chi connectivity index (χ1) is 9.45. The molecule has 0 aromatic rings. The molecule has 1 unspecified atom stereocenters. The van der Waals surface area contributed by atoms with Crippen LogP contribution < -0.4 is 5.73 Å². The standard InChI is InChI=1S/C14H27N3O3/c1-3-12(18)10-16(2)13(19)14(20)17-8-6-4-5-7-11(15)9-17/h11-12,18H,3-10,15H2,1-2H3/t11?,12-/m1/s1. The first-order valence-corrected chi connectivity index (χ1v) is 7.43. The highest BCUT2D eigenvalue weighted by Gasteiger charge is 2.27. The summed E-state index contributed by atoms with van der Waals surface area (Å²) in [7, 11) is 1.54. The van der Waals surface area contributed by atoms with Crippen LogP contribution in [0.15, 0.2) is 0 Å². The van der Waals surface area contributed by atoms with Crippen LogP contribution in [0.25, 0.3) is 0 Å². The molecule has 0 radical (unpaired) electrons. The lowest BCUT2D eigenvalue weighted by molar-refractivity contribution is -0.152. The first-order valence-electron chi connectivity index (χ1n) is 7.43. The Hall–Kier alpha value is -1.14. The van der Waals surface area contributed by atoms with Gasteiger partial charge in [0.25, 0.3) is 0 Å². The minimum atomic E-state index is -0.591. The van der Waals surface area contributed by atoms with E-state index < -0.39 is 17.9 Å². The normalized spacial score (nSPS) is 21.8. The predicted octanol–water partition coefficient (Wildman–Crippen LogP) is -0.0544. The van der Waals surface area contributed by atoms with Crippen molar-refractivity contribution in [3.8, 4) is 0 Å². The lowest BCUT2D eigenvalue weighted by Crippen LogP contribution is -2.50. The molecule has 2 atom stereocenters. The molecule has 116 valence electrons. The lowest BCUT2D eigenvalue weighted by Gasteiger charge is -2.29. The van der Waals surface area contributed by atoms with E-state index in [1.54, 1.807) is 11.9 Å². The minimum Gasteiger partial charge on any atom is -0.391 e. The van der Waals surface area contributed by atoms with Crippen LogP contribution in [0.1, 0.15) is 39.0 Å². The zero-order chi connectivity index (χ0) is 15.1. The highest BCUT2D eigenvalue weighted by Crippen LogP contribution is 2.11. The first kappa shape index (κ1) is 16.9. The van der Waals surface area contributed by atoms with Crippen LogP contribution >= 0.6 is 0 Å². The van der Waals surface area contributed by atoms with E-state index in [1.165, 1.54) is 4.90 Å². The molecule has 0 saturated carbocycles. The van der Waals surface area contributed by atoms with Crippen molar-refractivity contribution in [3.63, 3.8) is 0 Å². The Kier molecular flexibility index (Phi) is 6.95. The number of likely N-dealkylation sites (tertiary alicyclic amines) is 1. The fraction of sp³-hybridized carbons (Fsp3) is 0.857. The number of aliphatic hydroxyl groups is 1. The number of hydrogen-bond donors (Lipinski definition) is 2. The Balaban J connectivity index is 2.59. The Morgan fingerprint density at radius 3 is 2.75 bits per heavy atom. The van der Waals surface area contributed by atoms with Gasteiger partial charge in [-0.3, -0.25) is 9.59 Å². The quantitative estimate of drug-likeness (QED) is 0.712. The van der Waals surface area contributed by atoms with E-state index in [2.05, 4.69) is 0 Å². The summed E-state index contributed by atoms with van der Waals surface area (Å²) in [6.45, 7) is 3.04. The molecular formula is C14H27N3O3. The van der Waals surface area contributed by atoms with Crippen molar-refractivity contribution < 1.29 is 14.7 Å². The van der Waals surface area contributed by atoms with Crippen LogP contribution in [0.3, 0.4) is 0 Å². The van der Waals surface area contributed by atoms with E-state index in [1.807, 2.05) is 6.92 Å². The summed E-state index contributed by atoms with van der Waals surface area (Å²) in [5.74, 6) is -1.07. The van der Waals surface area contributed by atoms with Crippen molar-refractivity contribution >= 4 is 11.8 Å². The van der Waals surface area contributed by atoms with Crippen molar-refractivity contribution in [2.45, 2.75) is 51.2 Å². The summed E-state index contributed by atoms with van der Waals surface area (Å²) < 4.78 is 0. The zero-order valence-corrected chi connectivity index (χ0v) is 12.5. The van der Waals surface area contributed by atoms with Crippen LogP contribution in [-0.4, -0.2) is 65.5 Å². The minimum absolute atomic E-state index is 0.0569. The van der Waals surface area contributed by atoms with Gasteiger partial charge in [0.05, 0.1) is 6.10 Å². The molecular weight excluding hydrogens is 258 g/mol. The van der Waals surface area contributed by atoms with Crippen molar-refractivity contribution in [1.29, 1.82) is 0 Å². The Morgan fingerprint density at radius 1 is 1.40 bits per heavy atom. The summed E-state index contributed by atoms with van der Waals surface area (Å²) in [5.41, 5.74) is 5.95. The number of nitrogens with two attached hydrogens (primary N) is 1. The van der Waals surface area contributed by atoms with Gasteiger partial charge in [-0.05, 0) is 19.3 Å². The fourth-order valence-corrected chi connectivity index (χ4v) is 2.36. The van der Waals surface area contributed by atoms with Gasteiger partial charge in [0.1, 0.15) is 0 Å². The van der Waals surface area contributed by atoms with E-state index in [9.17, 15) is 14.7 Å². The Labute approximate surface area is 120 Å². The van der Waals surface area contributed by atoms with E-state index in [0.717, 1.165) is 25.7 Å². The molecule has 1 aliphatic heterocycles. The van der Waals surface area contributed by atoms with Crippen LogP contribution in [0.5, 0.6) is 0 Å². The van der Waals surface area contributed by atoms with Crippen LogP contribution in [0.2, 0.25) is 0 Å². The maximum Gasteiger partial charge on any atom is 0.312 e. The summed E-state index contributed by atoms with van der Waals surface area (Å²) in [6, 6.07) is -0.0569. The molecule has 0 bridgehead atoms. The van der Waals surface area contributed by atoms with Crippen molar-refractivity contribution in [3.05, 3.63) is 0 Å². The second kappa shape index (κ2) is 8.21. The van der Waals surface area contributed by atoms with E-state index in [4.69, 9.17) is 5.73 Å². The monoisotopic (exact) mass is 285 g/mol.